The van der Waals surface area contributed by atoms with Crippen LogP contribution >= 0.6 is 0 Å². The third-order valence-corrected chi connectivity index (χ3v) is 9.48. The summed E-state index contributed by atoms with van der Waals surface area (Å²) >= 11 is 0. The molecule has 0 radical (unpaired) electrons. The first-order chi connectivity index (χ1) is 17.5. The molecule has 3 atom stereocenters. The molecule has 0 aromatic heterocycles. The fraction of sp³-hybridized carbons (Fsp3) is 0.781. The molecule has 3 nitrogen and oxygen atoms in total. The van der Waals surface area contributed by atoms with Gasteiger partial charge >= 0.3 is 5.97 Å². The van der Waals surface area contributed by atoms with E-state index in [1.165, 1.54) is 70.6 Å². The van der Waals surface area contributed by atoms with Crippen molar-refractivity contribution >= 4 is 5.97 Å². The molecule has 4 heteroatoms. The van der Waals surface area contributed by atoms with Crippen LogP contribution in [0.15, 0.2) is 18.2 Å². The number of halogens is 1. The number of aryl methyl sites for hydroxylation is 1. The molecule has 3 saturated carbocycles. The first-order valence-corrected chi connectivity index (χ1v) is 15.2. The van der Waals surface area contributed by atoms with E-state index in [-0.39, 0.29) is 23.6 Å². The lowest BCUT2D eigenvalue weighted by molar-refractivity contribution is -0.145. The molecule has 0 bridgehead atoms. The van der Waals surface area contributed by atoms with Gasteiger partial charge in [0.2, 0.25) is 0 Å². The second-order valence-corrected chi connectivity index (χ2v) is 12.1. The van der Waals surface area contributed by atoms with E-state index in [0.29, 0.717) is 19.1 Å². The van der Waals surface area contributed by atoms with Crippen LogP contribution in [0.2, 0.25) is 0 Å². The van der Waals surface area contributed by atoms with Crippen molar-refractivity contribution in [2.24, 2.45) is 17.8 Å². The second kappa shape index (κ2) is 13.9. The number of carbonyl (C=O) groups excluding carboxylic acids is 1. The Kier molecular flexibility index (Phi) is 10.7. The van der Waals surface area contributed by atoms with E-state index in [0.717, 1.165) is 55.3 Å². The van der Waals surface area contributed by atoms with Gasteiger partial charge in [0.25, 0.3) is 0 Å². The zero-order chi connectivity index (χ0) is 25.3. The number of esters is 1. The van der Waals surface area contributed by atoms with Crippen molar-refractivity contribution < 1.29 is 13.9 Å². The van der Waals surface area contributed by atoms with Crippen LogP contribution in [0.1, 0.15) is 120 Å². The van der Waals surface area contributed by atoms with E-state index in [1.54, 1.807) is 6.07 Å². The molecule has 4 rings (SSSR count). The monoisotopic (exact) mass is 499 g/mol. The number of nitrogens with zero attached hydrogens (tertiary/aromatic N) is 1. The first-order valence-electron chi connectivity index (χ1n) is 15.2. The molecule has 36 heavy (non-hydrogen) atoms. The van der Waals surface area contributed by atoms with Crippen molar-refractivity contribution in [3.8, 4) is 0 Å². The van der Waals surface area contributed by atoms with Crippen LogP contribution in [0.3, 0.4) is 0 Å². The van der Waals surface area contributed by atoms with Crippen LogP contribution in [0, 0.1) is 30.5 Å². The van der Waals surface area contributed by atoms with Gasteiger partial charge in [-0.05, 0) is 87.4 Å². The number of hydrogen-bond donors (Lipinski definition) is 0. The molecule has 0 spiro atoms. The Morgan fingerprint density at radius 1 is 0.944 bits per heavy atom. The third kappa shape index (κ3) is 7.55. The van der Waals surface area contributed by atoms with Gasteiger partial charge in [0, 0.05) is 24.9 Å². The second-order valence-electron chi connectivity index (χ2n) is 12.1. The van der Waals surface area contributed by atoms with Gasteiger partial charge in [-0.1, -0.05) is 69.9 Å². The quantitative estimate of drug-likeness (QED) is 0.304. The Morgan fingerprint density at radius 3 is 2.31 bits per heavy atom. The molecule has 202 valence electrons. The van der Waals surface area contributed by atoms with Crippen molar-refractivity contribution in [2.75, 3.05) is 19.7 Å². The molecule has 3 aliphatic carbocycles. The van der Waals surface area contributed by atoms with Crippen LogP contribution in [-0.2, 0) is 9.53 Å². The average molecular weight is 500 g/mol. The predicted molar refractivity (Wildman–Crippen MR) is 146 cm³/mol. The highest BCUT2D eigenvalue weighted by Crippen LogP contribution is 2.44. The van der Waals surface area contributed by atoms with Crippen LogP contribution in [0.25, 0.3) is 0 Å². The first kappa shape index (κ1) is 27.6. The number of rotatable bonds is 10. The molecule has 3 aliphatic rings. The zero-order valence-electron chi connectivity index (χ0n) is 23.0. The normalized spacial score (nSPS) is 26.3. The summed E-state index contributed by atoms with van der Waals surface area (Å²) in [4.78, 5) is 15.4. The summed E-state index contributed by atoms with van der Waals surface area (Å²) in [7, 11) is 0. The molecule has 0 saturated heterocycles. The van der Waals surface area contributed by atoms with Gasteiger partial charge in [-0.2, -0.15) is 0 Å². The maximum Gasteiger partial charge on any atom is 0.306 e. The van der Waals surface area contributed by atoms with Crippen molar-refractivity contribution in [3.63, 3.8) is 0 Å². The lowest BCUT2D eigenvalue weighted by Crippen LogP contribution is -2.48. The SMILES string of the molecule is CCOC(=O)CC1CCCC(N(CCC2CCCCC2)CC2CCCCC2)C1c1ccc(C)cc1F. The number of benzene rings is 1. The van der Waals surface area contributed by atoms with E-state index in [2.05, 4.69) is 11.0 Å². The summed E-state index contributed by atoms with van der Waals surface area (Å²) in [6.07, 6.45) is 18.6. The lowest BCUT2D eigenvalue weighted by atomic mass is 9.69. The smallest absolute Gasteiger partial charge is 0.306 e. The minimum Gasteiger partial charge on any atom is -0.466 e. The summed E-state index contributed by atoms with van der Waals surface area (Å²) in [6.45, 7) is 6.51. The fourth-order valence-electron chi connectivity index (χ4n) is 7.62. The molecule has 0 N–H and O–H groups in total. The number of ether oxygens (including phenoxy) is 1. The minimum atomic E-state index is -0.123. The minimum absolute atomic E-state index is 0.0544. The molecule has 1 aromatic carbocycles. The van der Waals surface area contributed by atoms with Crippen molar-refractivity contribution in [3.05, 3.63) is 35.1 Å². The molecular weight excluding hydrogens is 449 g/mol. The molecule has 3 fully saturated rings. The predicted octanol–water partition coefficient (Wildman–Crippen LogP) is 8.19. The summed E-state index contributed by atoms with van der Waals surface area (Å²) in [5.41, 5.74) is 1.79. The van der Waals surface area contributed by atoms with Gasteiger partial charge in [0.05, 0.1) is 6.61 Å². The number of carbonyl (C=O) groups is 1. The fourth-order valence-corrected chi connectivity index (χ4v) is 7.62. The largest absolute Gasteiger partial charge is 0.466 e. The van der Waals surface area contributed by atoms with Crippen LogP contribution in [0.4, 0.5) is 4.39 Å². The summed E-state index contributed by atoms with van der Waals surface area (Å²) in [6, 6.07) is 6.07. The summed E-state index contributed by atoms with van der Waals surface area (Å²) in [5, 5.41) is 0. The van der Waals surface area contributed by atoms with Crippen molar-refractivity contribution in [2.45, 2.75) is 122 Å². The highest BCUT2D eigenvalue weighted by molar-refractivity contribution is 5.69. The number of hydrogen-bond acceptors (Lipinski definition) is 3. The van der Waals surface area contributed by atoms with Gasteiger partial charge in [0.1, 0.15) is 5.82 Å². The van der Waals surface area contributed by atoms with Crippen molar-refractivity contribution in [1.82, 2.24) is 4.90 Å². The Labute approximate surface area is 219 Å². The van der Waals surface area contributed by atoms with E-state index in [4.69, 9.17) is 4.74 Å². The molecule has 1 aromatic rings. The van der Waals surface area contributed by atoms with Gasteiger partial charge in [-0.3, -0.25) is 9.69 Å². The van der Waals surface area contributed by atoms with E-state index in [1.807, 2.05) is 19.9 Å². The zero-order valence-corrected chi connectivity index (χ0v) is 23.0. The van der Waals surface area contributed by atoms with Gasteiger partial charge in [0.15, 0.2) is 0 Å². The van der Waals surface area contributed by atoms with Gasteiger partial charge in [-0.15, -0.1) is 0 Å². The average Bonchev–Trinajstić information content (AvgIpc) is 2.88. The van der Waals surface area contributed by atoms with E-state index in [9.17, 15) is 4.79 Å². The molecule has 0 aliphatic heterocycles. The maximum absolute atomic E-state index is 15.5. The Morgan fingerprint density at radius 2 is 1.64 bits per heavy atom. The highest BCUT2D eigenvalue weighted by atomic mass is 19.1. The standard InChI is InChI=1S/C32H50FNO2/c1-3-36-31(35)22-27-15-10-16-30(32(27)28-18-17-24(2)21-29(28)33)34(23-26-13-8-5-9-14-26)20-19-25-11-6-4-7-12-25/h17-18,21,25-27,30,32H,3-16,19-20,22-23H2,1-2H3. The third-order valence-electron chi connectivity index (χ3n) is 9.48. The molecule has 0 heterocycles. The Hall–Kier alpha value is -1.42. The summed E-state index contributed by atoms with van der Waals surface area (Å²) < 4.78 is 20.9. The summed E-state index contributed by atoms with van der Waals surface area (Å²) in [5.74, 6) is 1.59. The topological polar surface area (TPSA) is 29.5 Å². The van der Waals surface area contributed by atoms with Crippen LogP contribution in [0.5, 0.6) is 0 Å². The Bertz CT molecular complexity index is 814. The van der Waals surface area contributed by atoms with Crippen LogP contribution in [-0.4, -0.2) is 36.6 Å². The molecular formula is C32H50FNO2. The molecule has 3 unspecified atom stereocenters. The van der Waals surface area contributed by atoms with Crippen LogP contribution < -0.4 is 0 Å². The Balaban J connectivity index is 1.60. The highest BCUT2D eigenvalue weighted by Gasteiger charge is 2.40. The molecule has 0 amide bonds. The maximum atomic E-state index is 15.5. The van der Waals surface area contributed by atoms with Crippen molar-refractivity contribution in [1.29, 1.82) is 0 Å². The van der Waals surface area contributed by atoms with Gasteiger partial charge < -0.3 is 4.74 Å². The van der Waals surface area contributed by atoms with Gasteiger partial charge in [-0.25, -0.2) is 4.39 Å². The lowest BCUT2D eigenvalue weighted by Gasteiger charge is -2.46. The van der Waals surface area contributed by atoms with E-state index < -0.39 is 0 Å². The van der Waals surface area contributed by atoms with E-state index >= 15 is 4.39 Å².